The van der Waals surface area contributed by atoms with Crippen LogP contribution in [0.15, 0.2) is 18.5 Å². The van der Waals surface area contributed by atoms with Gasteiger partial charge in [0.05, 0.1) is 6.54 Å². The monoisotopic (exact) mass is 321 g/mol. The van der Waals surface area contributed by atoms with Crippen molar-refractivity contribution in [2.45, 2.75) is 51.2 Å². The van der Waals surface area contributed by atoms with Crippen LogP contribution in [0.25, 0.3) is 0 Å². The Hall–Kier alpha value is -1.89. The molecule has 2 amide bonds. The van der Waals surface area contributed by atoms with Gasteiger partial charge in [0.15, 0.2) is 0 Å². The largest absolute Gasteiger partial charge is 0.337 e. The second-order valence-electron chi connectivity index (χ2n) is 6.37. The number of hydrogen-bond donors (Lipinski definition) is 1. The van der Waals surface area contributed by atoms with Crippen molar-refractivity contribution in [2.24, 2.45) is 5.73 Å². The summed E-state index contributed by atoms with van der Waals surface area (Å²) in [5.41, 5.74) is 6.01. The van der Waals surface area contributed by atoms with E-state index in [1.165, 1.54) is 4.90 Å². The Balaban J connectivity index is 1.97. The lowest BCUT2D eigenvalue weighted by molar-refractivity contribution is -0.143. The average molecular weight is 321 g/mol. The standard InChI is InChI=1S/C16H27N5O2/c1-12(17)14-7-4-5-9-20(14)15(22)11-19(3)16(23)13(2)21-10-6-8-18-21/h6,8,10,12-14H,4-5,7,9,11,17H2,1-3H3. The predicted molar refractivity (Wildman–Crippen MR) is 87.6 cm³/mol. The van der Waals surface area contributed by atoms with Crippen LogP contribution in [0.4, 0.5) is 0 Å². The molecule has 0 spiro atoms. The second-order valence-corrected chi connectivity index (χ2v) is 6.37. The predicted octanol–water partition coefficient (Wildman–Crippen LogP) is 0.631. The first-order valence-corrected chi connectivity index (χ1v) is 8.21. The SMILES string of the molecule is CC(N)C1CCCCN1C(=O)CN(C)C(=O)C(C)n1cccn1. The van der Waals surface area contributed by atoms with Gasteiger partial charge in [-0.15, -0.1) is 0 Å². The Morgan fingerprint density at radius 3 is 2.74 bits per heavy atom. The lowest BCUT2D eigenvalue weighted by atomic mass is 9.97. The van der Waals surface area contributed by atoms with Gasteiger partial charge < -0.3 is 15.5 Å². The van der Waals surface area contributed by atoms with Crippen molar-refractivity contribution >= 4 is 11.8 Å². The third-order valence-corrected chi connectivity index (χ3v) is 4.50. The molecule has 2 heterocycles. The molecule has 1 aromatic heterocycles. The third-order valence-electron chi connectivity index (χ3n) is 4.50. The van der Waals surface area contributed by atoms with Crippen LogP contribution in [0.1, 0.15) is 39.2 Å². The maximum absolute atomic E-state index is 12.6. The average Bonchev–Trinajstić information content (AvgIpc) is 3.07. The Morgan fingerprint density at radius 1 is 1.39 bits per heavy atom. The molecule has 0 saturated carbocycles. The lowest BCUT2D eigenvalue weighted by Gasteiger charge is -2.39. The van der Waals surface area contributed by atoms with E-state index in [4.69, 9.17) is 5.73 Å². The van der Waals surface area contributed by atoms with Crippen molar-refractivity contribution in [3.63, 3.8) is 0 Å². The van der Waals surface area contributed by atoms with E-state index in [0.717, 1.165) is 25.8 Å². The molecule has 3 atom stereocenters. The van der Waals surface area contributed by atoms with Crippen LogP contribution in [0.5, 0.6) is 0 Å². The first-order valence-electron chi connectivity index (χ1n) is 8.21. The van der Waals surface area contributed by atoms with Gasteiger partial charge in [0, 0.05) is 38.1 Å². The molecule has 1 aromatic rings. The van der Waals surface area contributed by atoms with Crippen molar-refractivity contribution in [2.75, 3.05) is 20.1 Å². The summed E-state index contributed by atoms with van der Waals surface area (Å²) in [5, 5.41) is 4.08. The first-order chi connectivity index (χ1) is 10.9. The van der Waals surface area contributed by atoms with Gasteiger partial charge in [0.2, 0.25) is 11.8 Å². The van der Waals surface area contributed by atoms with E-state index in [-0.39, 0.29) is 30.4 Å². The number of carbonyl (C=O) groups is 2. The van der Waals surface area contributed by atoms with Gasteiger partial charge in [-0.05, 0) is 39.2 Å². The van der Waals surface area contributed by atoms with Crippen molar-refractivity contribution in [3.8, 4) is 0 Å². The molecule has 7 heteroatoms. The molecule has 0 aliphatic carbocycles. The Bertz CT molecular complexity index is 529. The molecule has 1 saturated heterocycles. The van der Waals surface area contributed by atoms with E-state index < -0.39 is 6.04 Å². The fourth-order valence-corrected chi connectivity index (χ4v) is 3.13. The molecule has 2 rings (SSSR count). The van der Waals surface area contributed by atoms with Gasteiger partial charge in [-0.2, -0.15) is 5.10 Å². The summed E-state index contributed by atoms with van der Waals surface area (Å²) in [6, 6.07) is 1.37. The van der Waals surface area contributed by atoms with Crippen molar-refractivity contribution in [1.82, 2.24) is 19.6 Å². The third kappa shape index (κ3) is 4.10. The molecule has 1 aliphatic rings. The quantitative estimate of drug-likeness (QED) is 0.862. The minimum atomic E-state index is -0.423. The Kier molecular flexibility index (Phi) is 5.76. The topological polar surface area (TPSA) is 84.5 Å². The van der Waals surface area contributed by atoms with Crippen LogP contribution in [0, 0.1) is 0 Å². The Morgan fingerprint density at radius 2 is 2.13 bits per heavy atom. The minimum Gasteiger partial charge on any atom is -0.337 e. The zero-order valence-electron chi connectivity index (χ0n) is 14.2. The van der Waals surface area contributed by atoms with E-state index in [2.05, 4.69) is 5.10 Å². The summed E-state index contributed by atoms with van der Waals surface area (Å²) in [7, 11) is 1.66. The summed E-state index contributed by atoms with van der Waals surface area (Å²) >= 11 is 0. The van der Waals surface area contributed by atoms with Crippen molar-refractivity contribution < 1.29 is 9.59 Å². The van der Waals surface area contributed by atoms with Gasteiger partial charge in [-0.1, -0.05) is 0 Å². The molecule has 0 radical (unpaired) electrons. The maximum Gasteiger partial charge on any atom is 0.247 e. The molecule has 1 aliphatic heterocycles. The van der Waals surface area contributed by atoms with E-state index in [0.29, 0.717) is 0 Å². The van der Waals surface area contributed by atoms with Crippen LogP contribution in [-0.2, 0) is 9.59 Å². The number of amides is 2. The number of aromatic nitrogens is 2. The molecule has 128 valence electrons. The molecule has 7 nitrogen and oxygen atoms in total. The highest BCUT2D eigenvalue weighted by Crippen LogP contribution is 2.19. The number of likely N-dealkylation sites (N-methyl/N-ethyl adjacent to an activating group) is 1. The van der Waals surface area contributed by atoms with Gasteiger partial charge in [-0.25, -0.2) is 0 Å². The molecule has 0 bridgehead atoms. The first kappa shape index (κ1) is 17.5. The van der Waals surface area contributed by atoms with Crippen LogP contribution >= 0.6 is 0 Å². The zero-order valence-corrected chi connectivity index (χ0v) is 14.2. The summed E-state index contributed by atoms with van der Waals surface area (Å²) in [6.45, 7) is 4.52. The summed E-state index contributed by atoms with van der Waals surface area (Å²) in [6.07, 6.45) is 6.41. The highest BCUT2D eigenvalue weighted by atomic mass is 16.2. The lowest BCUT2D eigenvalue weighted by Crippen LogP contribution is -2.54. The highest BCUT2D eigenvalue weighted by molar-refractivity contribution is 5.86. The molecule has 1 fully saturated rings. The van der Waals surface area contributed by atoms with Gasteiger partial charge >= 0.3 is 0 Å². The number of hydrogen-bond acceptors (Lipinski definition) is 4. The fraction of sp³-hybridized carbons (Fsp3) is 0.688. The maximum atomic E-state index is 12.6. The van der Waals surface area contributed by atoms with Crippen molar-refractivity contribution in [3.05, 3.63) is 18.5 Å². The number of rotatable bonds is 5. The van der Waals surface area contributed by atoms with E-state index in [1.807, 2.05) is 11.8 Å². The minimum absolute atomic E-state index is 0.0319. The van der Waals surface area contributed by atoms with Gasteiger partial charge in [0.25, 0.3) is 0 Å². The molecule has 23 heavy (non-hydrogen) atoms. The van der Waals surface area contributed by atoms with E-state index >= 15 is 0 Å². The van der Waals surface area contributed by atoms with Crippen molar-refractivity contribution in [1.29, 1.82) is 0 Å². The second kappa shape index (κ2) is 7.59. The summed E-state index contributed by atoms with van der Waals surface area (Å²) < 4.78 is 1.59. The number of carbonyl (C=O) groups excluding carboxylic acids is 2. The van der Waals surface area contributed by atoms with Crippen LogP contribution in [0.3, 0.4) is 0 Å². The zero-order chi connectivity index (χ0) is 17.0. The molecular weight excluding hydrogens is 294 g/mol. The highest BCUT2D eigenvalue weighted by Gasteiger charge is 2.31. The number of likely N-dealkylation sites (tertiary alicyclic amines) is 1. The number of nitrogens with zero attached hydrogens (tertiary/aromatic N) is 4. The normalized spacial score (nSPS) is 20.9. The Labute approximate surface area is 137 Å². The smallest absolute Gasteiger partial charge is 0.247 e. The number of nitrogens with two attached hydrogens (primary N) is 1. The van der Waals surface area contributed by atoms with Crippen LogP contribution in [0.2, 0.25) is 0 Å². The number of piperidine rings is 1. The van der Waals surface area contributed by atoms with E-state index in [1.54, 1.807) is 37.1 Å². The van der Waals surface area contributed by atoms with Crippen LogP contribution < -0.4 is 5.73 Å². The summed E-state index contributed by atoms with van der Waals surface area (Å²) in [5.74, 6) is -0.160. The molecule has 2 N–H and O–H groups in total. The fourth-order valence-electron chi connectivity index (χ4n) is 3.13. The van der Waals surface area contributed by atoms with Gasteiger partial charge in [0.1, 0.15) is 6.04 Å². The summed E-state index contributed by atoms with van der Waals surface area (Å²) in [4.78, 5) is 28.4. The van der Waals surface area contributed by atoms with Crippen LogP contribution in [-0.4, -0.2) is 63.6 Å². The molecular formula is C16H27N5O2. The van der Waals surface area contributed by atoms with Gasteiger partial charge in [-0.3, -0.25) is 14.3 Å². The molecule has 3 unspecified atom stereocenters. The molecule has 0 aromatic carbocycles. The van der Waals surface area contributed by atoms with E-state index in [9.17, 15) is 9.59 Å².